The number of carbonyl (C=O) groups excluding carboxylic acids is 1. The zero-order valence-electron chi connectivity index (χ0n) is 12.5. The minimum Gasteiger partial charge on any atom is -0.341 e. The molecular formula is C16H15FN4OS. The Hall–Kier alpha value is -2.41. The maximum Gasteiger partial charge on any atom is 0.233 e. The number of hydrogen-bond acceptors (Lipinski definition) is 4. The third-order valence-electron chi connectivity index (χ3n) is 3.40. The van der Waals surface area contributed by atoms with Crippen molar-refractivity contribution in [1.29, 1.82) is 0 Å². The fraction of sp³-hybridized carbons (Fsp3) is 0.188. The van der Waals surface area contributed by atoms with E-state index in [4.69, 9.17) is 0 Å². The molecule has 0 bridgehead atoms. The molecule has 0 fully saturated rings. The highest BCUT2D eigenvalue weighted by molar-refractivity contribution is 7.99. The van der Waals surface area contributed by atoms with Gasteiger partial charge in [0.2, 0.25) is 5.91 Å². The van der Waals surface area contributed by atoms with E-state index in [0.717, 1.165) is 5.65 Å². The van der Waals surface area contributed by atoms with Crippen LogP contribution in [0.25, 0.3) is 5.65 Å². The fourth-order valence-electron chi connectivity index (χ4n) is 2.12. The van der Waals surface area contributed by atoms with Crippen molar-refractivity contribution < 1.29 is 9.18 Å². The third-order valence-corrected chi connectivity index (χ3v) is 4.33. The molecule has 0 atom stereocenters. The summed E-state index contributed by atoms with van der Waals surface area (Å²) in [7, 11) is 1.66. The lowest BCUT2D eigenvalue weighted by Gasteiger charge is -2.17. The van der Waals surface area contributed by atoms with Gasteiger partial charge in [0, 0.05) is 25.4 Å². The van der Waals surface area contributed by atoms with Crippen LogP contribution in [0.5, 0.6) is 0 Å². The summed E-state index contributed by atoms with van der Waals surface area (Å²) < 4.78 is 15.5. The highest BCUT2D eigenvalue weighted by Gasteiger charge is 2.14. The molecule has 0 aliphatic heterocycles. The number of amides is 1. The van der Waals surface area contributed by atoms with Crippen molar-refractivity contribution in [2.24, 2.45) is 0 Å². The first kappa shape index (κ1) is 15.5. The number of fused-ring (bicyclic) bond motifs is 1. The first-order valence-electron chi connectivity index (χ1n) is 7.05. The Morgan fingerprint density at radius 2 is 2.00 bits per heavy atom. The number of halogens is 1. The van der Waals surface area contributed by atoms with Crippen LogP contribution in [0.1, 0.15) is 5.56 Å². The molecule has 1 aromatic carbocycles. The van der Waals surface area contributed by atoms with Crippen molar-refractivity contribution in [2.75, 3.05) is 12.8 Å². The Kier molecular flexibility index (Phi) is 4.57. The summed E-state index contributed by atoms with van der Waals surface area (Å²) in [6.45, 7) is 0.243. The van der Waals surface area contributed by atoms with Crippen LogP contribution < -0.4 is 0 Å². The van der Waals surface area contributed by atoms with E-state index in [1.54, 1.807) is 25.2 Å². The second-order valence-electron chi connectivity index (χ2n) is 5.04. The Morgan fingerprint density at radius 1 is 1.22 bits per heavy atom. The summed E-state index contributed by atoms with van der Waals surface area (Å²) in [5.41, 5.74) is 1.24. The smallest absolute Gasteiger partial charge is 0.233 e. The molecule has 2 heterocycles. The van der Waals surface area contributed by atoms with Gasteiger partial charge in [-0.25, -0.2) is 4.39 Å². The first-order chi connectivity index (χ1) is 11.1. The normalized spacial score (nSPS) is 10.9. The third kappa shape index (κ3) is 3.50. The van der Waals surface area contributed by atoms with E-state index in [2.05, 4.69) is 10.2 Å². The number of thioether (sulfide) groups is 1. The van der Waals surface area contributed by atoms with Crippen LogP contribution in [-0.2, 0) is 11.3 Å². The van der Waals surface area contributed by atoms with E-state index < -0.39 is 0 Å². The van der Waals surface area contributed by atoms with Gasteiger partial charge < -0.3 is 4.90 Å². The number of aromatic nitrogens is 3. The SMILES string of the molecule is CN(Cc1ccccc1F)C(=O)CSc1nnc2ccccn12. The van der Waals surface area contributed by atoms with Crippen molar-refractivity contribution in [3.63, 3.8) is 0 Å². The number of nitrogens with zero attached hydrogens (tertiary/aromatic N) is 4. The molecule has 2 aromatic heterocycles. The largest absolute Gasteiger partial charge is 0.341 e. The number of benzene rings is 1. The average molecular weight is 330 g/mol. The molecule has 0 spiro atoms. The molecular weight excluding hydrogens is 315 g/mol. The molecule has 0 radical (unpaired) electrons. The van der Waals surface area contributed by atoms with Gasteiger partial charge in [0.15, 0.2) is 10.8 Å². The number of hydrogen-bond donors (Lipinski definition) is 0. The van der Waals surface area contributed by atoms with E-state index in [-0.39, 0.29) is 24.0 Å². The van der Waals surface area contributed by atoms with Gasteiger partial charge in [-0.2, -0.15) is 0 Å². The molecule has 0 aliphatic carbocycles. The van der Waals surface area contributed by atoms with E-state index in [9.17, 15) is 9.18 Å². The van der Waals surface area contributed by atoms with E-state index in [0.29, 0.717) is 10.7 Å². The summed E-state index contributed by atoms with van der Waals surface area (Å²) in [5.74, 6) is -0.171. The summed E-state index contributed by atoms with van der Waals surface area (Å²) in [6, 6.07) is 12.1. The van der Waals surface area contributed by atoms with Gasteiger partial charge in [0.1, 0.15) is 5.82 Å². The summed E-state index contributed by atoms with van der Waals surface area (Å²) in [4.78, 5) is 13.7. The van der Waals surface area contributed by atoms with Crippen LogP contribution in [0.2, 0.25) is 0 Å². The summed E-state index contributed by atoms with van der Waals surface area (Å²) in [6.07, 6.45) is 1.85. The highest BCUT2D eigenvalue weighted by Crippen LogP contribution is 2.17. The van der Waals surface area contributed by atoms with Crippen LogP contribution in [0.15, 0.2) is 53.8 Å². The van der Waals surface area contributed by atoms with Crippen molar-refractivity contribution in [3.05, 3.63) is 60.0 Å². The standard InChI is InChI=1S/C16H15FN4OS/c1-20(10-12-6-2-3-7-13(12)17)15(22)11-23-16-19-18-14-8-4-5-9-21(14)16/h2-9H,10-11H2,1H3. The fourth-order valence-corrected chi connectivity index (χ4v) is 2.99. The molecule has 23 heavy (non-hydrogen) atoms. The topological polar surface area (TPSA) is 50.5 Å². The average Bonchev–Trinajstić information content (AvgIpc) is 2.98. The Bertz CT molecular complexity index is 836. The molecule has 0 saturated heterocycles. The van der Waals surface area contributed by atoms with Gasteiger partial charge in [-0.15, -0.1) is 10.2 Å². The Balaban J connectivity index is 1.62. The molecule has 0 aliphatic rings. The van der Waals surface area contributed by atoms with Gasteiger partial charge in [-0.05, 0) is 18.2 Å². The zero-order chi connectivity index (χ0) is 16.2. The van der Waals surface area contributed by atoms with Crippen molar-refractivity contribution >= 4 is 23.3 Å². The lowest BCUT2D eigenvalue weighted by atomic mass is 10.2. The molecule has 5 nitrogen and oxygen atoms in total. The second-order valence-corrected chi connectivity index (χ2v) is 5.98. The number of carbonyl (C=O) groups is 1. The quantitative estimate of drug-likeness (QED) is 0.675. The zero-order valence-corrected chi connectivity index (χ0v) is 13.3. The van der Waals surface area contributed by atoms with Gasteiger partial charge in [-0.1, -0.05) is 36.0 Å². The lowest BCUT2D eigenvalue weighted by Crippen LogP contribution is -2.28. The van der Waals surface area contributed by atoms with Crippen molar-refractivity contribution in [1.82, 2.24) is 19.5 Å². The molecule has 7 heteroatoms. The number of rotatable bonds is 5. The lowest BCUT2D eigenvalue weighted by molar-refractivity contribution is -0.127. The van der Waals surface area contributed by atoms with E-state index in [1.165, 1.54) is 22.7 Å². The highest BCUT2D eigenvalue weighted by atomic mass is 32.2. The van der Waals surface area contributed by atoms with E-state index >= 15 is 0 Å². The van der Waals surface area contributed by atoms with Crippen LogP contribution in [-0.4, -0.2) is 38.2 Å². The van der Waals surface area contributed by atoms with Crippen LogP contribution in [0.3, 0.4) is 0 Å². The minimum atomic E-state index is -0.303. The van der Waals surface area contributed by atoms with Gasteiger partial charge in [0.05, 0.1) is 5.75 Å². The Labute approximate surface area is 137 Å². The molecule has 0 unspecified atom stereocenters. The predicted molar refractivity (Wildman–Crippen MR) is 86.6 cm³/mol. The van der Waals surface area contributed by atoms with Crippen LogP contribution in [0, 0.1) is 5.82 Å². The second kappa shape index (κ2) is 6.78. The summed E-state index contributed by atoms with van der Waals surface area (Å²) in [5, 5.41) is 8.77. The first-order valence-corrected chi connectivity index (χ1v) is 8.03. The van der Waals surface area contributed by atoms with Crippen molar-refractivity contribution in [3.8, 4) is 0 Å². The van der Waals surface area contributed by atoms with Crippen LogP contribution in [0.4, 0.5) is 4.39 Å². The maximum atomic E-state index is 13.6. The number of pyridine rings is 1. The molecule has 1 amide bonds. The van der Waals surface area contributed by atoms with Crippen LogP contribution >= 0.6 is 11.8 Å². The predicted octanol–water partition coefficient (Wildman–Crippen LogP) is 2.62. The molecule has 118 valence electrons. The van der Waals surface area contributed by atoms with E-state index in [1.807, 2.05) is 28.8 Å². The van der Waals surface area contributed by atoms with Crippen molar-refractivity contribution in [2.45, 2.75) is 11.7 Å². The minimum absolute atomic E-state index is 0.0917. The maximum absolute atomic E-state index is 13.6. The van der Waals surface area contributed by atoms with Gasteiger partial charge in [0.25, 0.3) is 0 Å². The Morgan fingerprint density at radius 3 is 2.83 bits per heavy atom. The monoisotopic (exact) mass is 330 g/mol. The molecule has 3 aromatic rings. The molecule has 0 N–H and O–H groups in total. The molecule has 0 saturated carbocycles. The van der Waals surface area contributed by atoms with Gasteiger partial charge in [-0.3, -0.25) is 9.20 Å². The summed E-state index contributed by atoms with van der Waals surface area (Å²) >= 11 is 1.31. The molecule has 3 rings (SSSR count). The van der Waals surface area contributed by atoms with Gasteiger partial charge >= 0.3 is 0 Å².